The molecule has 0 heterocycles. The molecule has 1 rings (SSSR count). The van der Waals surface area contributed by atoms with E-state index in [0.29, 0.717) is 6.54 Å². The zero-order valence-corrected chi connectivity index (χ0v) is 8.25. The number of hydrogen-bond donors (Lipinski definition) is 1. The van der Waals surface area contributed by atoms with E-state index >= 15 is 0 Å². The summed E-state index contributed by atoms with van der Waals surface area (Å²) in [4.78, 5) is 0. The molecule has 1 aromatic carbocycles. The minimum absolute atomic E-state index is 0.137. The van der Waals surface area contributed by atoms with Crippen molar-refractivity contribution in [3.63, 3.8) is 0 Å². The highest BCUT2D eigenvalue weighted by molar-refractivity contribution is 5.26. The summed E-state index contributed by atoms with van der Waals surface area (Å²) in [5, 5.41) is 0. The molecule has 0 unspecified atom stereocenters. The van der Waals surface area contributed by atoms with Gasteiger partial charge in [0.15, 0.2) is 17.4 Å². The minimum Gasteiger partial charge on any atom is -0.483 e. The smallest absolute Gasteiger partial charge is 0.191 e. The molecule has 0 aliphatic carbocycles. The van der Waals surface area contributed by atoms with Gasteiger partial charge in [-0.1, -0.05) is 18.2 Å². The van der Waals surface area contributed by atoms with Gasteiger partial charge < -0.3 is 10.5 Å². The lowest BCUT2D eigenvalue weighted by Crippen LogP contribution is -1.99. The second-order valence-corrected chi connectivity index (χ2v) is 2.91. The maximum Gasteiger partial charge on any atom is 0.191 e. The monoisotopic (exact) mass is 213 g/mol. The number of nitrogens with two attached hydrogens (primary N) is 1. The van der Waals surface area contributed by atoms with Gasteiger partial charge in [0.1, 0.15) is 6.61 Å². The normalized spacial score (nSPS) is 10.9. The number of hydrogen-bond acceptors (Lipinski definition) is 2. The van der Waals surface area contributed by atoms with Crippen molar-refractivity contribution >= 4 is 0 Å². The third-order valence-electron chi connectivity index (χ3n) is 1.74. The molecule has 2 N–H and O–H groups in total. The molecule has 2 nitrogen and oxygen atoms in total. The van der Waals surface area contributed by atoms with E-state index in [2.05, 4.69) is 0 Å². The van der Waals surface area contributed by atoms with E-state index in [1.165, 1.54) is 6.07 Å². The number of benzene rings is 1. The first-order chi connectivity index (χ1) is 7.25. The Balaban J connectivity index is 2.50. The van der Waals surface area contributed by atoms with Gasteiger partial charge in [-0.2, -0.15) is 0 Å². The van der Waals surface area contributed by atoms with Crippen LogP contribution in [0.5, 0.6) is 5.75 Å². The summed E-state index contributed by atoms with van der Waals surface area (Å²) in [5.41, 5.74) is 5.26. The van der Waals surface area contributed by atoms with Crippen LogP contribution in [0.2, 0.25) is 0 Å². The molecule has 4 heteroatoms. The molecule has 0 saturated heterocycles. The van der Waals surface area contributed by atoms with Crippen LogP contribution in [0.25, 0.3) is 0 Å². The van der Waals surface area contributed by atoms with Gasteiger partial charge in [0.05, 0.1) is 0 Å². The zero-order valence-electron chi connectivity index (χ0n) is 8.25. The molecule has 0 bridgehead atoms. The quantitative estimate of drug-likeness (QED) is 0.761. The van der Waals surface area contributed by atoms with Crippen LogP contribution in [0.1, 0.15) is 6.42 Å². The summed E-state index contributed by atoms with van der Waals surface area (Å²) in [6.45, 7) is 0.683. The summed E-state index contributed by atoms with van der Waals surface area (Å²) in [6, 6.07) is 3.60. The molecule has 15 heavy (non-hydrogen) atoms. The molecule has 0 fully saturated rings. The summed E-state index contributed by atoms with van der Waals surface area (Å²) < 4.78 is 31.0. The van der Waals surface area contributed by atoms with Gasteiger partial charge >= 0.3 is 0 Å². The van der Waals surface area contributed by atoms with Crippen molar-refractivity contribution in [3.8, 4) is 5.75 Å². The average molecular weight is 213 g/mol. The van der Waals surface area contributed by atoms with Crippen molar-refractivity contribution in [1.29, 1.82) is 0 Å². The van der Waals surface area contributed by atoms with Crippen LogP contribution in [0.15, 0.2) is 30.4 Å². The Morgan fingerprint density at radius 1 is 1.20 bits per heavy atom. The maximum atomic E-state index is 13.0. The van der Waals surface area contributed by atoms with E-state index in [1.807, 2.05) is 0 Å². The Bertz CT molecular complexity index is 319. The van der Waals surface area contributed by atoms with Crippen molar-refractivity contribution in [2.24, 2.45) is 5.73 Å². The minimum atomic E-state index is -0.692. The van der Waals surface area contributed by atoms with Crippen molar-refractivity contribution in [2.75, 3.05) is 13.2 Å². The number of rotatable bonds is 5. The highest BCUT2D eigenvalue weighted by atomic mass is 19.1. The van der Waals surface area contributed by atoms with E-state index in [4.69, 9.17) is 10.5 Å². The molecule has 0 aliphatic heterocycles. The number of halogens is 2. The van der Waals surface area contributed by atoms with E-state index in [9.17, 15) is 8.78 Å². The van der Waals surface area contributed by atoms with Gasteiger partial charge in [-0.15, -0.1) is 0 Å². The molecule has 0 atom stereocenters. The first kappa shape index (κ1) is 11.7. The molecule has 1 aromatic rings. The van der Waals surface area contributed by atoms with Crippen LogP contribution in [0.3, 0.4) is 0 Å². The second kappa shape index (κ2) is 6.14. The molecule has 0 saturated carbocycles. The predicted molar refractivity (Wildman–Crippen MR) is 54.7 cm³/mol. The Morgan fingerprint density at radius 3 is 2.47 bits per heavy atom. The second-order valence-electron chi connectivity index (χ2n) is 2.91. The van der Waals surface area contributed by atoms with Crippen molar-refractivity contribution in [1.82, 2.24) is 0 Å². The van der Waals surface area contributed by atoms with Crippen LogP contribution in [0.4, 0.5) is 8.78 Å². The molecule has 0 spiro atoms. The fourth-order valence-electron chi connectivity index (χ4n) is 1.03. The maximum absolute atomic E-state index is 13.0. The first-order valence-electron chi connectivity index (χ1n) is 4.67. The molecule has 0 radical (unpaired) electrons. The Morgan fingerprint density at radius 2 is 1.87 bits per heavy atom. The third kappa shape index (κ3) is 3.67. The lowest BCUT2D eigenvalue weighted by Gasteiger charge is -2.04. The molecular formula is C11H13F2NO. The zero-order chi connectivity index (χ0) is 11.1. The van der Waals surface area contributed by atoms with Crippen molar-refractivity contribution in [3.05, 3.63) is 42.0 Å². The Hall–Kier alpha value is -1.42. The Kier molecular flexibility index (Phi) is 4.77. The molecule has 82 valence electrons. The molecule has 0 amide bonds. The summed E-state index contributed by atoms with van der Waals surface area (Å²) in [5.74, 6) is -1.72. The van der Waals surface area contributed by atoms with Gasteiger partial charge in [-0.3, -0.25) is 0 Å². The summed E-state index contributed by atoms with van der Waals surface area (Å²) in [7, 11) is 0. The fraction of sp³-hybridized carbons (Fsp3) is 0.273. The predicted octanol–water partition coefficient (Wildman–Crippen LogP) is 2.25. The van der Waals surface area contributed by atoms with Gasteiger partial charge in [-0.25, -0.2) is 8.78 Å². The molecule has 0 aliphatic rings. The highest BCUT2D eigenvalue weighted by Gasteiger charge is 2.07. The average Bonchev–Trinajstić information content (AvgIpc) is 2.21. The fourth-order valence-corrected chi connectivity index (χ4v) is 1.03. The van der Waals surface area contributed by atoms with Gasteiger partial charge in [0, 0.05) is 0 Å². The lowest BCUT2D eigenvalue weighted by molar-refractivity contribution is 0.320. The van der Waals surface area contributed by atoms with Gasteiger partial charge in [0.25, 0.3) is 0 Å². The van der Waals surface area contributed by atoms with Crippen molar-refractivity contribution in [2.45, 2.75) is 6.42 Å². The summed E-state index contributed by atoms with van der Waals surface area (Å²) in [6.07, 6.45) is 4.21. The standard InChI is InChI=1S/C11H13F2NO/c12-9-5-4-6-10(13)11(9)15-8-3-1-2-7-14/h1,3-6H,2,7-8,14H2/b3-1+. The van der Waals surface area contributed by atoms with Crippen LogP contribution < -0.4 is 10.5 Å². The largest absolute Gasteiger partial charge is 0.483 e. The lowest BCUT2D eigenvalue weighted by atomic mass is 10.3. The van der Waals surface area contributed by atoms with Crippen LogP contribution >= 0.6 is 0 Å². The van der Waals surface area contributed by atoms with E-state index in [1.54, 1.807) is 12.2 Å². The van der Waals surface area contributed by atoms with E-state index in [0.717, 1.165) is 18.6 Å². The van der Waals surface area contributed by atoms with E-state index < -0.39 is 11.6 Å². The SMILES string of the molecule is NCC/C=C/COc1c(F)cccc1F. The number of para-hydroxylation sites is 1. The molecule has 0 aromatic heterocycles. The van der Waals surface area contributed by atoms with Crippen LogP contribution in [0, 0.1) is 11.6 Å². The molecular weight excluding hydrogens is 200 g/mol. The van der Waals surface area contributed by atoms with E-state index in [-0.39, 0.29) is 12.4 Å². The third-order valence-corrected chi connectivity index (χ3v) is 1.74. The van der Waals surface area contributed by atoms with Crippen LogP contribution in [-0.4, -0.2) is 13.2 Å². The van der Waals surface area contributed by atoms with Gasteiger partial charge in [0.2, 0.25) is 0 Å². The summed E-state index contributed by atoms with van der Waals surface area (Å²) >= 11 is 0. The first-order valence-corrected chi connectivity index (χ1v) is 4.67. The highest BCUT2D eigenvalue weighted by Crippen LogP contribution is 2.20. The van der Waals surface area contributed by atoms with Gasteiger partial charge in [-0.05, 0) is 25.1 Å². The Labute approximate surface area is 87.4 Å². The topological polar surface area (TPSA) is 35.2 Å². The number of ether oxygens (including phenoxy) is 1. The van der Waals surface area contributed by atoms with Crippen LogP contribution in [-0.2, 0) is 0 Å². The van der Waals surface area contributed by atoms with Crippen molar-refractivity contribution < 1.29 is 13.5 Å².